The molecule has 0 bridgehead atoms. The third-order valence-corrected chi connectivity index (χ3v) is 4.46. The molecule has 2 aromatic carbocycles. The summed E-state index contributed by atoms with van der Waals surface area (Å²) in [5.41, 5.74) is 1.21. The van der Waals surface area contributed by atoms with Crippen molar-refractivity contribution in [2.45, 2.75) is 25.0 Å². The Morgan fingerprint density at radius 1 is 1.24 bits per heavy atom. The second-order valence-corrected chi connectivity index (χ2v) is 6.11. The highest BCUT2D eigenvalue weighted by molar-refractivity contribution is 5.80. The molecule has 25 heavy (non-hydrogen) atoms. The number of ether oxygens (including phenoxy) is 1. The van der Waals surface area contributed by atoms with Gasteiger partial charge in [-0.15, -0.1) is 0 Å². The highest BCUT2D eigenvalue weighted by Crippen LogP contribution is 2.33. The number of β-amino-alcohol motifs (C(OH)–C–C–N with tert-alkyl or cyclic N) is 1. The summed E-state index contributed by atoms with van der Waals surface area (Å²) in [6.07, 6.45) is -0.292. The number of likely N-dealkylation sites (tertiary alicyclic amines) is 1. The number of carbonyl (C=O) groups excluding carboxylic acids is 1. The number of benzene rings is 2. The summed E-state index contributed by atoms with van der Waals surface area (Å²) in [7, 11) is 1.53. The standard InChI is InChI=1S/C19H19F2NO3/c1-25-18-5-3-2-4-13(18)9-19(24)22-11-14(23)10-17(22)12-6-7-15(20)16(21)8-12/h2-8,14,17,23H,9-11H2,1H3. The molecule has 6 heteroatoms. The van der Waals surface area contributed by atoms with E-state index in [1.807, 2.05) is 12.1 Å². The van der Waals surface area contributed by atoms with Crippen molar-refractivity contribution in [1.29, 1.82) is 0 Å². The number of aliphatic hydroxyl groups excluding tert-OH is 1. The molecular weight excluding hydrogens is 328 g/mol. The third-order valence-electron chi connectivity index (χ3n) is 4.46. The Balaban J connectivity index is 1.83. The van der Waals surface area contributed by atoms with Crippen molar-refractivity contribution in [2.75, 3.05) is 13.7 Å². The molecule has 2 unspecified atom stereocenters. The molecule has 4 nitrogen and oxygen atoms in total. The number of methoxy groups -OCH3 is 1. The monoisotopic (exact) mass is 347 g/mol. The van der Waals surface area contributed by atoms with Gasteiger partial charge in [0, 0.05) is 12.1 Å². The van der Waals surface area contributed by atoms with Gasteiger partial charge >= 0.3 is 0 Å². The molecule has 1 N–H and O–H groups in total. The Kier molecular flexibility index (Phi) is 4.99. The molecule has 1 saturated heterocycles. The van der Waals surface area contributed by atoms with Crippen molar-refractivity contribution in [3.8, 4) is 5.75 Å². The smallest absolute Gasteiger partial charge is 0.227 e. The fourth-order valence-corrected chi connectivity index (χ4v) is 3.24. The summed E-state index contributed by atoms with van der Waals surface area (Å²) in [6.45, 7) is 0.164. The van der Waals surface area contributed by atoms with E-state index in [9.17, 15) is 18.7 Å². The highest BCUT2D eigenvalue weighted by atomic mass is 19.2. The average molecular weight is 347 g/mol. The Morgan fingerprint density at radius 3 is 2.72 bits per heavy atom. The summed E-state index contributed by atoms with van der Waals surface area (Å²) < 4.78 is 32.0. The number of halogens is 2. The second-order valence-electron chi connectivity index (χ2n) is 6.11. The zero-order valence-electron chi connectivity index (χ0n) is 13.8. The van der Waals surface area contributed by atoms with E-state index in [1.165, 1.54) is 18.1 Å². The van der Waals surface area contributed by atoms with Crippen LogP contribution < -0.4 is 4.74 Å². The van der Waals surface area contributed by atoms with Crippen LogP contribution in [0.15, 0.2) is 42.5 Å². The maximum absolute atomic E-state index is 13.5. The SMILES string of the molecule is COc1ccccc1CC(=O)N1CC(O)CC1c1ccc(F)c(F)c1. The molecule has 2 aromatic rings. The summed E-state index contributed by atoms with van der Waals surface area (Å²) in [5.74, 6) is -1.49. The summed E-state index contributed by atoms with van der Waals surface area (Å²) in [5, 5.41) is 9.98. The summed E-state index contributed by atoms with van der Waals surface area (Å²) in [4.78, 5) is 14.3. The maximum Gasteiger partial charge on any atom is 0.227 e. The molecule has 0 radical (unpaired) electrons. The lowest BCUT2D eigenvalue weighted by Gasteiger charge is -2.25. The van der Waals surface area contributed by atoms with Crippen LogP contribution in [0.1, 0.15) is 23.6 Å². The molecule has 132 valence electrons. The van der Waals surface area contributed by atoms with Crippen LogP contribution in [0.2, 0.25) is 0 Å². The Bertz CT molecular complexity index is 781. The lowest BCUT2D eigenvalue weighted by Crippen LogP contribution is -2.33. The van der Waals surface area contributed by atoms with Gasteiger partial charge in [-0.2, -0.15) is 0 Å². The summed E-state index contributed by atoms with van der Waals surface area (Å²) in [6, 6.07) is 10.3. The van der Waals surface area contributed by atoms with Crippen molar-refractivity contribution >= 4 is 5.91 Å². The van der Waals surface area contributed by atoms with E-state index >= 15 is 0 Å². The van der Waals surface area contributed by atoms with Crippen LogP contribution in [0, 0.1) is 11.6 Å². The molecule has 0 aromatic heterocycles. The van der Waals surface area contributed by atoms with E-state index < -0.39 is 23.8 Å². The van der Waals surface area contributed by atoms with Gasteiger partial charge < -0.3 is 14.7 Å². The number of amides is 1. The first kappa shape index (κ1) is 17.4. The minimum atomic E-state index is -0.962. The average Bonchev–Trinajstić information content (AvgIpc) is 3.00. The minimum Gasteiger partial charge on any atom is -0.496 e. The van der Waals surface area contributed by atoms with E-state index in [0.717, 1.165) is 17.7 Å². The molecule has 1 aliphatic heterocycles. The lowest BCUT2D eigenvalue weighted by atomic mass is 10.0. The van der Waals surface area contributed by atoms with Gasteiger partial charge in [-0.3, -0.25) is 4.79 Å². The maximum atomic E-state index is 13.5. The molecular formula is C19H19F2NO3. The molecule has 1 aliphatic rings. The first-order chi connectivity index (χ1) is 12.0. The van der Waals surface area contributed by atoms with Gasteiger partial charge in [-0.05, 0) is 30.2 Å². The van der Waals surface area contributed by atoms with Gasteiger partial charge in [0.2, 0.25) is 5.91 Å². The largest absolute Gasteiger partial charge is 0.496 e. The van der Waals surface area contributed by atoms with Crippen molar-refractivity contribution in [1.82, 2.24) is 4.90 Å². The number of para-hydroxylation sites is 1. The van der Waals surface area contributed by atoms with Crippen molar-refractivity contribution in [2.24, 2.45) is 0 Å². The van der Waals surface area contributed by atoms with Gasteiger partial charge in [-0.1, -0.05) is 24.3 Å². The number of hydrogen-bond donors (Lipinski definition) is 1. The summed E-state index contributed by atoms with van der Waals surface area (Å²) >= 11 is 0. The van der Waals surface area contributed by atoms with E-state index in [1.54, 1.807) is 12.1 Å². The van der Waals surface area contributed by atoms with Crippen molar-refractivity contribution < 1.29 is 23.4 Å². The molecule has 1 amide bonds. The lowest BCUT2D eigenvalue weighted by molar-refractivity contribution is -0.131. The minimum absolute atomic E-state index is 0.108. The zero-order valence-corrected chi connectivity index (χ0v) is 13.8. The van der Waals surface area contributed by atoms with E-state index in [-0.39, 0.29) is 18.9 Å². The van der Waals surface area contributed by atoms with Crippen molar-refractivity contribution in [3.05, 3.63) is 65.2 Å². The molecule has 0 aliphatic carbocycles. The Hall–Kier alpha value is -2.47. The van der Waals surface area contributed by atoms with Crippen LogP contribution in [-0.2, 0) is 11.2 Å². The van der Waals surface area contributed by atoms with E-state index in [0.29, 0.717) is 17.7 Å². The van der Waals surface area contributed by atoms with Crippen LogP contribution in [0.3, 0.4) is 0 Å². The number of carbonyl (C=O) groups is 1. The third kappa shape index (κ3) is 3.64. The van der Waals surface area contributed by atoms with Crippen LogP contribution >= 0.6 is 0 Å². The van der Waals surface area contributed by atoms with Crippen LogP contribution in [0.4, 0.5) is 8.78 Å². The van der Waals surface area contributed by atoms with E-state index in [4.69, 9.17) is 4.74 Å². The van der Waals surface area contributed by atoms with Gasteiger partial charge in [0.15, 0.2) is 11.6 Å². The topological polar surface area (TPSA) is 49.8 Å². The van der Waals surface area contributed by atoms with Crippen LogP contribution in [0.5, 0.6) is 5.75 Å². The predicted molar refractivity (Wildman–Crippen MR) is 88.1 cm³/mol. The molecule has 0 spiro atoms. The van der Waals surface area contributed by atoms with Gasteiger partial charge in [-0.25, -0.2) is 8.78 Å². The fourth-order valence-electron chi connectivity index (χ4n) is 3.24. The number of nitrogens with zero attached hydrogens (tertiary/aromatic N) is 1. The Labute approximate surface area is 144 Å². The quantitative estimate of drug-likeness (QED) is 0.925. The predicted octanol–water partition coefficient (Wildman–Crippen LogP) is 2.85. The second kappa shape index (κ2) is 7.19. The van der Waals surface area contributed by atoms with Crippen LogP contribution in [-0.4, -0.2) is 35.7 Å². The highest BCUT2D eigenvalue weighted by Gasteiger charge is 2.35. The first-order valence-electron chi connectivity index (χ1n) is 8.04. The van der Waals surface area contributed by atoms with Crippen molar-refractivity contribution in [3.63, 3.8) is 0 Å². The normalized spacial score (nSPS) is 19.9. The zero-order chi connectivity index (χ0) is 18.0. The molecule has 2 atom stereocenters. The fraction of sp³-hybridized carbons (Fsp3) is 0.316. The van der Waals surface area contributed by atoms with Gasteiger partial charge in [0.1, 0.15) is 5.75 Å². The van der Waals surface area contributed by atoms with Crippen LogP contribution in [0.25, 0.3) is 0 Å². The molecule has 0 saturated carbocycles. The van der Waals surface area contributed by atoms with E-state index in [2.05, 4.69) is 0 Å². The number of rotatable bonds is 4. The molecule has 1 fully saturated rings. The Morgan fingerprint density at radius 2 is 2.00 bits per heavy atom. The van der Waals surface area contributed by atoms with Gasteiger partial charge in [0.05, 0.1) is 25.7 Å². The number of hydrogen-bond acceptors (Lipinski definition) is 3. The van der Waals surface area contributed by atoms with Gasteiger partial charge in [0.25, 0.3) is 0 Å². The number of aliphatic hydroxyl groups is 1. The first-order valence-corrected chi connectivity index (χ1v) is 8.04. The molecule has 1 heterocycles. The molecule has 3 rings (SSSR count).